The minimum atomic E-state index is 0.143. The van der Waals surface area contributed by atoms with Crippen LogP contribution in [0.5, 0.6) is 0 Å². The smallest absolute Gasteiger partial charge is 0.257 e. The molecule has 1 aliphatic rings. The summed E-state index contributed by atoms with van der Waals surface area (Å²) in [6.07, 6.45) is 4.01. The van der Waals surface area contributed by atoms with Crippen LogP contribution < -0.4 is 0 Å². The van der Waals surface area contributed by atoms with Crippen LogP contribution >= 0.6 is 11.3 Å². The van der Waals surface area contributed by atoms with E-state index in [1.54, 1.807) is 11.3 Å². The average molecular weight is 423 g/mol. The zero-order valence-electron chi connectivity index (χ0n) is 17.2. The van der Waals surface area contributed by atoms with E-state index >= 15 is 0 Å². The van der Waals surface area contributed by atoms with Gasteiger partial charge in [0.25, 0.3) is 5.89 Å². The third kappa shape index (κ3) is 5.04. The molecular weight excluding hydrogens is 396 g/mol. The van der Waals surface area contributed by atoms with Crippen LogP contribution in [0.4, 0.5) is 0 Å². The van der Waals surface area contributed by atoms with Crippen LogP contribution in [0.25, 0.3) is 16.3 Å². The summed E-state index contributed by atoms with van der Waals surface area (Å²) >= 11 is 1.57. The molecule has 0 saturated heterocycles. The Morgan fingerprint density at radius 2 is 2.07 bits per heavy atom. The van der Waals surface area contributed by atoms with Crippen LogP contribution in [0, 0.1) is 0 Å². The van der Waals surface area contributed by atoms with Gasteiger partial charge in [-0.15, -0.1) is 21.5 Å². The van der Waals surface area contributed by atoms with Crippen molar-refractivity contribution in [3.05, 3.63) is 65.4 Å². The number of carbonyl (C=O) groups excluding carboxylic acids is 1. The highest BCUT2D eigenvalue weighted by atomic mass is 32.1. The highest BCUT2D eigenvalue weighted by molar-refractivity contribution is 7.13. The zero-order chi connectivity index (χ0) is 20.8. The molecule has 30 heavy (non-hydrogen) atoms. The van der Waals surface area contributed by atoms with Crippen molar-refractivity contribution in [3.8, 4) is 10.8 Å². The summed E-state index contributed by atoms with van der Waals surface area (Å²) in [5.41, 5.74) is 2.56. The number of rotatable bonds is 8. The molecule has 0 unspecified atom stereocenters. The fraction of sp³-hybridized carbons (Fsp3) is 0.348. The Morgan fingerprint density at radius 3 is 2.77 bits per heavy atom. The number of carbonyl (C=O) groups is 1. The molecule has 7 heteroatoms. The van der Waals surface area contributed by atoms with Crippen molar-refractivity contribution >= 4 is 22.8 Å². The van der Waals surface area contributed by atoms with Gasteiger partial charge in [0.2, 0.25) is 11.8 Å². The maximum absolute atomic E-state index is 12.9. The second-order valence-electron chi connectivity index (χ2n) is 7.37. The van der Waals surface area contributed by atoms with Crippen molar-refractivity contribution in [1.29, 1.82) is 0 Å². The van der Waals surface area contributed by atoms with Crippen LogP contribution in [0.2, 0.25) is 0 Å². The molecule has 0 N–H and O–H groups in total. The van der Waals surface area contributed by atoms with Gasteiger partial charge < -0.3 is 9.32 Å². The summed E-state index contributed by atoms with van der Waals surface area (Å²) in [6.45, 7) is 5.17. The summed E-state index contributed by atoms with van der Waals surface area (Å²) < 4.78 is 5.81. The van der Waals surface area contributed by atoms with E-state index in [9.17, 15) is 4.79 Å². The van der Waals surface area contributed by atoms with Gasteiger partial charge in [0.15, 0.2) is 0 Å². The molecule has 6 nitrogen and oxygen atoms in total. The Balaban J connectivity index is 1.35. The van der Waals surface area contributed by atoms with Crippen LogP contribution in [0.15, 0.2) is 58.3 Å². The van der Waals surface area contributed by atoms with Gasteiger partial charge in [-0.2, -0.15) is 0 Å². The van der Waals surface area contributed by atoms with Crippen molar-refractivity contribution < 1.29 is 9.21 Å². The highest BCUT2D eigenvalue weighted by Gasteiger charge is 2.21. The quantitative estimate of drug-likeness (QED) is 0.541. The van der Waals surface area contributed by atoms with Crippen LogP contribution in [-0.2, 0) is 11.3 Å². The van der Waals surface area contributed by atoms with Gasteiger partial charge in [-0.1, -0.05) is 49.4 Å². The first-order valence-corrected chi connectivity index (χ1v) is 11.2. The fourth-order valence-electron chi connectivity index (χ4n) is 3.64. The number of aromatic nitrogens is 2. The van der Waals surface area contributed by atoms with Gasteiger partial charge in [-0.05, 0) is 42.0 Å². The Bertz CT molecular complexity index is 982. The lowest BCUT2D eigenvalue weighted by atomic mass is 9.99. The molecule has 0 aliphatic carbocycles. The first kappa shape index (κ1) is 20.5. The highest BCUT2D eigenvalue weighted by Crippen LogP contribution is 2.24. The van der Waals surface area contributed by atoms with Crippen molar-refractivity contribution in [2.45, 2.75) is 26.3 Å². The lowest BCUT2D eigenvalue weighted by molar-refractivity contribution is -0.132. The van der Waals surface area contributed by atoms with Gasteiger partial charge in [-0.3, -0.25) is 9.69 Å². The number of hydrogen-bond donors (Lipinski definition) is 0. The minimum Gasteiger partial charge on any atom is -0.419 e. The van der Waals surface area contributed by atoms with E-state index in [1.807, 2.05) is 28.5 Å². The van der Waals surface area contributed by atoms with E-state index in [1.165, 1.54) is 11.1 Å². The summed E-state index contributed by atoms with van der Waals surface area (Å²) in [4.78, 5) is 17.9. The van der Waals surface area contributed by atoms with Gasteiger partial charge >= 0.3 is 0 Å². The third-order valence-electron chi connectivity index (χ3n) is 5.16. The first-order valence-electron chi connectivity index (χ1n) is 10.3. The maximum atomic E-state index is 12.9. The van der Waals surface area contributed by atoms with Crippen molar-refractivity contribution in [2.75, 3.05) is 26.2 Å². The molecule has 3 heterocycles. The predicted molar refractivity (Wildman–Crippen MR) is 119 cm³/mol. The first-order chi connectivity index (χ1) is 14.7. The molecule has 1 amide bonds. The lowest BCUT2D eigenvalue weighted by Crippen LogP contribution is -2.42. The topological polar surface area (TPSA) is 62.5 Å². The second-order valence-corrected chi connectivity index (χ2v) is 8.32. The largest absolute Gasteiger partial charge is 0.419 e. The van der Waals surface area contributed by atoms with E-state index < -0.39 is 0 Å². The van der Waals surface area contributed by atoms with Gasteiger partial charge in [0.1, 0.15) is 0 Å². The summed E-state index contributed by atoms with van der Waals surface area (Å²) in [5, 5.41) is 10.3. The van der Waals surface area contributed by atoms with Crippen molar-refractivity contribution in [1.82, 2.24) is 20.0 Å². The van der Waals surface area contributed by atoms with Crippen molar-refractivity contribution in [2.24, 2.45) is 0 Å². The molecule has 0 atom stereocenters. The van der Waals surface area contributed by atoms with Crippen LogP contribution in [0.3, 0.4) is 0 Å². The van der Waals surface area contributed by atoms with Crippen LogP contribution in [0.1, 0.15) is 31.2 Å². The second kappa shape index (κ2) is 9.82. The maximum Gasteiger partial charge on any atom is 0.257 e. The molecule has 0 spiro atoms. The normalized spacial score (nSPS) is 14.2. The molecule has 0 fully saturated rings. The van der Waals surface area contributed by atoms with E-state index in [0.29, 0.717) is 31.4 Å². The van der Waals surface area contributed by atoms with Gasteiger partial charge in [0.05, 0.1) is 18.0 Å². The number of hydrogen-bond acceptors (Lipinski definition) is 6. The monoisotopic (exact) mass is 422 g/mol. The van der Waals surface area contributed by atoms with E-state index in [4.69, 9.17) is 4.42 Å². The number of thiophene rings is 1. The number of nitrogens with zero attached hydrogens (tertiary/aromatic N) is 4. The molecule has 0 radical (unpaired) electrons. The lowest BCUT2D eigenvalue weighted by Gasteiger charge is -2.29. The Morgan fingerprint density at radius 1 is 1.20 bits per heavy atom. The van der Waals surface area contributed by atoms with E-state index in [2.05, 4.69) is 52.4 Å². The third-order valence-corrected chi connectivity index (χ3v) is 6.02. The van der Waals surface area contributed by atoms with Crippen LogP contribution in [-0.4, -0.2) is 52.1 Å². The zero-order valence-corrected chi connectivity index (χ0v) is 18.0. The molecule has 156 valence electrons. The standard InChI is InChI=1S/C23H26N4O2S/c1-2-12-26(16-21-24-25-23(29-21)20-9-6-15-30-20)17-22(28)27-13-10-19(11-14-27)18-7-4-3-5-8-18/h3-10,15H,2,11-14,16-17H2,1H3. The van der Waals surface area contributed by atoms with E-state index in [0.717, 1.165) is 30.8 Å². The SMILES string of the molecule is CCCN(CC(=O)N1CC=C(c2ccccc2)CC1)Cc1nnc(-c2cccs2)o1. The molecular formula is C23H26N4O2S. The summed E-state index contributed by atoms with van der Waals surface area (Å²) in [6, 6.07) is 14.3. The Kier molecular flexibility index (Phi) is 6.71. The van der Waals surface area contributed by atoms with Crippen molar-refractivity contribution in [3.63, 3.8) is 0 Å². The molecule has 0 bridgehead atoms. The summed E-state index contributed by atoms with van der Waals surface area (Å²) in [7, 11) is 0. The number of amides is 1. The molecule has 2 aromatic heterocycles. The molecule has 4 rings (SSSR count). The predicted octanol–water partition coefficient (Wildman–Crippen LogP) is 4.33. The Hall–Kier alpha value is -2.77. The fourth-order valence-corrected chi connectivity index (χ4v) is 4.28. The average Bonchev–Trinajstić information content (AvgIpc) is 3.47. The van der Waals surface area contributed by atoms with E-state index in [-0.39, 0.29) is 5.91 Å². The molecule has 1 aromatic carbocycles. The number of benzene rings is 1. The van der Waals surface area contributed by atoms with Gasteiger partial charge in [0, 0.05) is 13.1 Å². The van der Waals surface area contributed by atoms with Gasteiger partial charge in [-0.25, -0.2) is 0 Å². The Labute approximate surface area is 180 Å². The molecule has 0 saturated carbocycles. The minimum absolute atomic E-state index is 0.143. The molecule has 1 aliphatic heterocycles. The molecule has 3 aromatic rings. The summed E-state index contributed by atoms with van der Waals surface area (Å²) in [5.74, 6) is 1.23.